The third-order valence-electron chi connectivity index (χ3n) is 7.03. The summed E-state index contributed by atoms with van der Waals surface area (Å²) in [6.45, 7) is 0. The highest BCUT2D eigenvalue weighted by Crippen LogP contribution is 2.63. The van der Waals surface area contributed by atoms with Crippen LogP contribution in [-0.4, -0.2) is 10.8 Å². The van der Waals surface area contributed by atoms with Gasteiger partial charge in [0.1, 0.15) is 11.6 Å². The van der Waals surface area contributed by atoms with Crippen LogP contribution < -0.4 is 0 Å². The van der Waals surface area contributed by atoms with Gasteiger partial charge in [0.15, 0.2) is 0 Å². The first kappa shape index (κ1) is 18.9. The van der Waals surface area contributed by atoms with E-state index in [9.17, 15) is 9.18 Å². The minimum Gasteiger partial charge on any atom is -0.299 e. The zero-order valence-corrected chi connectivity index (χ0v) is 17.8. The molecule has 0 N–H and O–H groups in total. The Bertz CT molecular complexity index is 1070. The second kappa shape index (κ2) is 7.32. The molecule has 0 aliphatic heterocycles. The zero-order valence-electron chi connectivity index (χ0n) is 16.2. The summed E-state index contributed by atoms with van der Waals surface area (Å²) in [5.74, 6) is 0.830. The highest BCUT2D eigenvalue weighted by molar-refractivity contribution is 9.10. The number of carbonyl (C=O) groups is 1. The molecule has 0 saturated heterocycles. The highest BCUT2D eigenvalue weighted by Gasteiger charge is 2.57. The summed E-state index contributed by atoms with van der Waals surface area (Å²) >= 11 is 3.44. The molecule has 1 unspecified atom stereocenters. The van der Waals surface area contributed by atoms with Crippen molar-refractivity contribution in [1.29, 1.82) is 0 Å². The quantitative estimate of drug-likeness (QED) is 0.446. The number of rotatable bonds is 4. The SMILES string of the molecule is O=C(Cc1ccc(Br)cc1)C1CC12CCC(c1ccnc3ccc(F)cc13)CC2. The molecule has 3 aromatic rings. The van der Waals surface area contributed by atoms with Crippen LogP contribution in [0.4, 0.5) is 4.39 Å². The average Bonchev–Trinajstić information content (AvgIpc) is 3.43. The van der Waals surface area contributed by atoms with E-state index in [-0.39, 0.29) is 17.2 Å². The van der Waals surface area contributed by atoms with Crippen LogP contribution in [0, 0.1) is 17.2 Å². The maximum absolute atomic E-state index is 13.8. The Morgan fingerprint density at radius 2 is 1.86 bits per heavy atom. The van der Waals surface area contributed by atoms with E-state index >= 15 is 0 Å². The molecule has 1 heterocycles. The van der Waals surface area contributed by atoms with Gasteiger partial charge in [-0.1, -0.05) is 28.1 Å². The zero-order chi connectivity index (χ0) is 20.0. The monoisotopic (exact) mass is 451 g/mol. The molecule has 1 spiro atoms. The van der Waals surface area contributed by atoms with Crippen molar-refractivity contribution in [2.24, 2.45) is 11.3 Å². The number of aromatic nitrogens is 1. The van der Waals surface area contributed by atoms with E-state index < -0.39 is 0 Å². The Kier molecular flexibility index (Phi) is 4.78. The van der Waals surface area contributed by atoms with Gasteiger partial charge in [-0.3, -0.25) is 9.78 Å². The number of Topliss-reactive ketones (excluding diaryl/α,β-unsaturated/α-hetero) is 1. The van der Waals surface area contributed by atoms with E-state index in [1.54, 1.807) is 12.1 Å². The van der Waals surface area contributed by atoms with E-state index in [4.69, 9.17) is 0 Å². The summed E-state index contributed by atoms with van der Waals surface area (Å²) in [6.07, 6.45) is 7.73. The summed E-state index contributed by atoms with van der Waals surface area (Å²) in [5, 5.41) is 0.937. The van der Waals surface area contributed by atoms with E-state index in [1.165, 1.54) is 11.6 Å². The van der Waals surface area contributed by atoms with Crippen molar-refractivity contribution in [1.82, 2.24) is 4.98 Å². The fourth-order valence-electron chi connectivity index (χ4n) is 5.28. The molecule has 0 amide bonds. The largest absolute Gasteiger partial charge is 0.299 e. The predicted molar refractivity (Wildman–Crippen MR) is 116 cm³/mol. The number of pyridine rings is 1. The summed E-state index contributed by atoms with van der Waals surface area (Å²) in [4.78, 5) is 17.2. The molecule has 0 radical (unpaired) electrons. The van der Waals surface area contributed by atoms with Crippen LogP contribution in [0.3, 0.4) is 0 Å². The van der Waals surface area contributed by atoms with Crippen molar-refractivity contribution in [3.05, 3.63) is 76.1 Å². The van der Waals surface area contributed by atoms with Crippen LogP contribution in [0.15, 0.2) is 59.2 Å². The second-order valence-electron chi connectivity index (χ2n) is 8.72. The van der Waals surface area contributed by atoms with E-state index in [1.807, 2.05) is 36.5 Å². The van der Waals surface area contributed by atoms with Crippen molar-refractivity contribution < 1.29 is 9.18 Å². The average molecular weight is 452 g/mol. The number of carbonyl (C=O) groups excluding carboxylic acids is 1. The molecule has 4 heteroatoms. The lowest BCUT2D eigenvalue weighted by molar-refractivity contribution is -0.120. The van der Waals surface area contributed by atoms with Gasteiger partial charge in [0.05, 0.1) is 5.52 Å². The topological polar surface area (TPSA) is 30.0 Å². The third-order valence-corrected chi connectivity index (χ3v) is 7.56. The first-order valence-electron chi connectivity index (χ1n) is 10.4. The fourth-order valence-corrected chi connectivity index (χ4v) is 5.55. The van der Waals surface area contributed by atoms with Crippen molar-refractivity contribution in [3.63, 3.8) is 0 Å². The second-order valence-corrected chi connectivity index (χ2v) is 9.64. The van der Waals surface area contributed by atoms with Gasteiger partial charge >= 0.3 is 0 Å². The molecular weight excluding hydrogens is 429 g/mol. The lowest BCUT2D eigenvalue weighted by atomic mass is 9.74. The van der Waals surface area contributed by atoms with Gasteiger partial charge in [0.25, 0.3) is 0 Å². The standard InChI is InChI=1S/C25H23BrFNO/c26-18-3-1-16(2-4-18)13-24(29)22-15-25(22)10-7-17(8-11-25)20-9-12-28-23-6-5-19(27)14-21(20)23/h1-6,9,12,14,17,22H,7-8,10-11,13,15H2. The molecule has 2 aliphatic rings. The first-order chi connectivity index (χ1) is 14.0. The smallest absolute Gasteiger partial charge is 0.140 e. The Hall–Kier alpha value is -2.07. The van der Waals surface area contributed by atoms with Crippen LogP contribution in [0.25, 0.3) is 10.9 Å². The van der Waals surface area contributed by atoms with E-state index in [2.05, 4.69) is 20.9 Å². The summed E-state index contributed by atoms with van der Waals surface area (Å²) in [6, 6.07) is 15.0. The molecule has 2 aromatic carbocycles. The summed E-state index contributed by atoms with van der Waals surface area (Å²) < 4.78 is 14.8. The summed E-state index contributed by atoms with van der Waals surface area (Å²) in [7, 11) is 0. The van der Waals surface area contributed by atoms with Crippen molar-refractivity contribution >= 4 is 32.6 Å². The number of ketones is 1. The number of fused-ring (bicyclic) bond motifs is 1. The Morgan fingerprint density at radius 3 is 2.62 bits per heavy atom. The Balaban J connectivity index is 1.26. The predicted octanol–water partition coefficient (Wildman–Crippen LogP) is 6.61. The fraction of sp³-hybridized carbons (Fsp3) is 0.360. The molecule has 2 fully saturated rings. The van der Waals surface area contributed by atoms with Gasteiger partial charge in [-0.05, 0) is 91.0 Å². The van der Waals surface area contributed by atoms with Crippen LogP contribution in [0.5, 0.6) is 0 Å². The minimum absolute atomic E-state index is 0.208. The van der Waals surface area contributed by atoms with Gasteiger partial charge in [-0.2, -0.15) is 0 Å². The lowest BCUT2D eigenvalue weighted by Crippen LogP contribution is -2.20. The number of hydrogen-bond acceptors (Lipinski definition) is 2. The van der Waals surface area contributed by atoms with Crippen LogP contribution in [-0.2, 0) is 11.2 Å². The molecule has 1 atom stereocenters. The van der Waals surface area contributed by atoms with Crippen LogP contribution in [0.1, 0.15) is 49.1 Å². The Labute approximate surface area is 178 Å². The summed E-state index contributed by atoms with van der Waals surface area (Å²) in [5.41, 5.74) is 3.39. The maximum Gasteiger partial charge on any atom is 0.140 e. The third kappa shape index (κ3) is 3.63. The Morgan fingerprint density at radius 1 is 1.10 bits per heavy atom. The maximum atomic E-state index is 13.8. The van der Waals surface area contributed by atoms with Crippen LogP contribution >= 0.6 is 15.9 Å². The van der Waals surface area contributed by atoms with Gasteiger partial charge in [-0.15, -0.1) is 0 Å². The van der Waals surface area contributed by atoms with Crippen molar-refractivity contribution in [2.75, 3.05) is 0 Å². The number of benzene rings is 2. The van der Waals surface area contributed by atoms with Gasteiger partial charge < -0.3 is 0 Å². The number of nitrogens with zero attached hydrogens (tertiary/aromatic N) is 1. The molecule has 2 aliphatic carbocycles. The van der Waals surface area contributed by atoms with Crippen molar-refractivity contribution in [2.45, 2.75) is 44.4 Å². The molecule has 2 nitrogen and oxygen atoms in total. The molecule has 1 aromatic heterocycles. The van der Waals surface area contributed by atoms with Crippen molar-refractivity contribution in [3.8, 4) is 0 Å². The number of hydrogen-bond donors (Lipinski definition) is 0. The van der Waals surface area contributed by atoms with E-state index in [0.717, 1.165) is 53.0 Å². The molecule has 148 valence electrons. The molecular formula is C25H23BrFNO. The lowest BCUT2D eigenvalue weighted by Gasteiger charge is -2.30. The molecule has 5 rings (SSSR count). The normalized spacial score (nSPS) is 26.0. The van der Waals surface area contributed by atoms with Gasteiger partial charge in [0, 0.05) is 28.4 Å². The minimum atomic E-state index is -0.208. The first-order valence-corrected chi connectivity index (χ1v) is 11.1. The molecule has 0 bridgehead atoms. The van der Waals surface area contributed by atoms with E-state index in [0.29, 0.717) is 18.1 Å². The van der Waals surface area contributed by atoms with Gasteiger partial charge in [-0.25, -0.2) is 4.39 Å². The van der Waals surface area contributed by atoms with Gasteiger partial charge in [0.2, 0.25) is 0 Å². The highest BCUT2D eigenvalue weighted by atomic mass is 79.9. The molecule has 2 saturated carbocycles. The molecule has 29 heavy (non-hydrogen) atoms. The van der Waals surface area contributed by atoms with Crippen LogP contribution in [0.2, 0.25) is 0 Å². The number of halogens is 2.